The van der Waals surface area contributed by atoms with E-state index in [1.54, 1.807) is 20.8 Å². The average Bonchev–Trinajstić information content (AvgIpc) is 2.72. The molecule has 7 nitrogen and oxygen atoms in total. The Hall–Kier alpha value is -2.96. The van der Waals surface area contributed by atoms with Crippen molar-refractivity contribution in [3.05, 3.63) is 46.8 Å². The van der Waals surface area contributed by atoms with E-state index in [1.807, 2.05) is 24.3 Å². The van der Waals surface area contributed by atoms with E-state index in [4.69, 9.17) is 18.9 Å². The van der Waals surface area contributed by atoms with E-state index in [2.05, 4.69) is 12.2 Å². The van der Waals surface area contributed by atoms with Gasteiger partial charge in [-0.05, 0) is 44.5 Å². The number of hydrogen-bond donors (Lipinski definition) is 1. The predicted molar refractivity (Wildman–Crippen MR) is 113 cm³/mol. The molecule has 1 aromatic rings. The fraction of sp³-hybridized carbons (Fsp3) is 0.478. The van der Waals surface area contributed by atoms with Gasteiger partial charge in [-0.3, -0.25) is 0 Å². The molecule has 7 heteroatoms. The van der Waals surface area contributed by atoms with Crippen LogP contribution < -0.4 is 14.8 Å². The van der Waals surface area contributed by atoms with E-state index in [0.29, 0.717) is 42.2 Å². The lowest BCUT2D eigenvalue weighted by atomic mass is 9.87. The van der Waals surface area contributed by atoms with Crippen LogP contribution in [0.2, 0.25) is 0 Å². The number of allylic oxidation sites excluding steroid dienone is 2. The van der Waals surface area contributed by atoms with Crippen molar-refractivity contribution in [3.63, 3.8) is 0 Å². The molecule has 0 fully saturated rings. The molecule has 1 atom stereocenters. The molecule has 0 bridgehead atoms. The Balaban J connectivity index is 1.80. The summed E-state index contributed by atoms with van der Waals surface area (Å²) in [7, 11) is 1.32. The molecule has 1 aliphatic rings. The third kappa shape index (κ3) is 6.02. The number of ether oxygens (including phenoxy) is 4. The minimum Gasteiger partial charge on any atom is -0.494 e. The van der Waals surface area contributed by atoms with Crippen LogP contribution in [0.5, 0.6) is 11.5 Å². The highest BCUT2D eigenvalue weighted by atomic mass is 16.5. The first-order valence-corrected chi connectivity index (χ1v) is 10.2. The summed E-state index contributed by atoms with van der Waals surface area (Å²) in [6.45, 7) is 8.76. The number of nitrogens with one attached hydrogen (secondary N) is 1. The van der Waals surface area contributed by atoms with Crippen molar-refractivity contribution in [2.75, 3.05) is 26.9 Å². The fourth-order valence-corrected chi connectivity index (χ4v) is 3.32. The van der Waals surface area contributed by atoms with E-state index >= 15 is 0 Å². The topological polar surface area (TPSA) is 83.1 Å². The van der Waals surface area contributed by atoms with E-state index in [9.17, 15) is 9.59 Å². The maximum atomic E-state index is 12.6. The number of hydrogen-bond acceptors (Lipinski definition) is 7. The van der Waals surface area contributed by atoms with Crippen LogP contribution in [0.15, 0.2) is 46.8 Å². The molecule has 30 heavy (non-hydrogen) atoms. The minimum atomic E-state index is -0.454. The Kier molecular flexibility index (Phi) is 8.77. The summed E-state index contributed by atoms with van der Waals surface area (Å²) in [5.74, 6) is 0.240. The zero-order chi connectivity index (χ0) is 22.1. The Bertz CT molecular complexity index is 809. The second-order valence-electron chi connectivity index (χ2n) is 7.07. The number of esters is 2. The molecular weight excluding hydrogens is 386 g/mol. The van der Waals surface area contributed by atoms with Crippen molar-refractivity contribution in [1.82, 2.24) is 5.32 Å². The highest BCUT2D eigenvalue weighted by Gasteiger charge is 2.33. The third-order valence-electron chi connectivity index (χ3n) is 4.76. The summed E-state index contributed by atoms with van der Waals surface area (Å²) in [4.78, 5) is 24.6. The summed E-state index contributed by atoms with van der Waals surface area (Å²) in [5.41, 5.74) is 2.23. The maximum absolute atomic E-state index is 12.6. The molecule has 1 aromatic carbocycles. The Morgan fingerprint density at radius 1 is 0.900 bits per heavy atom. The van der Waals surface area contributed by atoms with Crippen molar-refractivity contribution in [1.29, 1.82) is 0 Å². The Labute approximate surface area is 178 Å². The minimum absolute atomic E-state index is 0.219. The van der Waals surface area contributed by atoms with Gasteiger partial charge in [0.25, 0.3) is 0 Å². The number of carbonyl (C=O) groups is 2. The highest BCUT2D eigenvalue weighted by molar-refractivity contribution is 5.97. The fourth-order valence-electron chi connectivity index (χ4n) is 3.32. The van der Waals surface area contributed by atoms with Gasteiger partial charge in [-0.1, -0.05) is 13.8 Å². The molecule has 1 heterocycles. The van der Waals surface area contributed by atoms with Crippen LogP contribution in [0.1, 0.15) is 40.5 Å². The summed E-state index contributed by atoms with van der Waals surface area (Å²) < 4.78 is 21.5. The van der Waals surface area contributed by atoms with Gasteiger partial charge in [-0.15, -0.1) is 0 Å². The normalized spacial score (nSPS) is 16.1. The van der Waals surface area contributed by atoms with Crippen LogP contribution >= 0.6 is 0 Å². The molecular formula is C23H31NO6. The summed E-state index contributed by atoms with van der Waals surface area (Å²) >= 11 is 0. The number of rotatable bonds is 10. The quantitative estimate of drug-likeness (QED) is 0.458. The molecule has 0 amide bonds. The molecule has 0 aromatic heterocycles. The number of methoxy groups -OCH3 is 1. The molecule has 0 aliphatic carbocycles. The van der Waals surface area contributed by atoms with Gasteiger partial charge in [-0.25, -0.2) is 9.59 Å². The van der Waals surface area contributed by atoms with Crippen LogP contribution in [0.3, 0.4) is 0 Å². The lowest BCUT2D eigenvalue weighted by Crippen LogP contribution is -2.32. The second-order valence-corrected chi connectivity index (χ2v) is 7.07. The SMILES string of the molecule is CCCOc1ccc(OCCCOC(=O)C2=C(C)NC(C)=C(C(=O)OC)C2C)cc1. The molecule has 0 saturated heterocycles. The lowest BCUT2D eigenvalue weighted by Gasteiger charge is -2.27. The summed E-state index contributed by atoms with van der Waals surface area (Å²) in [6, 6.07) is 7.44. The smallest absolute Gasteiger partial charge is 0.336 e. The molecule has 0 radical (unpaired) electrons. The number of dihydropyridines is 1. The summed E-state index contributed by atoms with van der Waals surface area (Å²) in [5, 5.41) is 3.07. The Morgan fingerprint density at radius 2 is 1.43 bits per heavy atom. The molecule has 1 unspecified atom stereocenters. The van der Waals surface area contributed by atoms with Crippen molar-refractivity contribution in [3.8, 4) is 11.5 Å². The van der Waals surface area contributed by atoms with Gasteiger partial charge >= 0.3 is 11.9 Å². The average molecular weight is 418 g/mol. The van der Waals surface area contributed by atoms with Crippen LogP contribution in [0.25, 0.3) is 0 Å². The zero-order valence-electron chi connectivity index (χ0n) is 18.4. The second kappa shape index (κ2) is 11.3. The van der Waals surface area contributed by atoms with Gasteiger partial charge < -0.3 is 24.3 Å². The molecule has 164 valence electrons. The first-order chi connectivity index (χ1) is 14.4. The molecule has 0 spiro atoms. The van der Waals surface area contributed by atoms with Gasteiger partial charge in [0, 0.05) is 23.7 Å². The molecule has 0 saturated carbocycles. The molecule has 1 aliphatic heterocycles. The van der Waals surface area contributed by atoms with Gasteiger partial charge in [0.1, 0.15) is 11.5 Å². The standard InChI is InChI=1S/C23H31NO6/c1-6-12-28-18-8-10-19(11-9-18)29-13-7-14-30-23(26)21-15(2)20(22(25)27-5)16(3)24-17(21)4/h8-11,15,24H,6-7,12-14H2,1-5H3. The van der Waals surface area contributed by atoms with Crippen LogP contribution in [0.4, 0.5) is 0 Å². The predicted octanol–water partition coefficient (Wildman–Crippen LogP) is 3.75. The van der Waals surface area contributed by atoms with Crippen molar-refractivity contribution >= 4 is 11.9 Å². The van der Waals surface area contributed by atoms with E-state index in [-0.39, 0.29) is 6.61 Å². The van der Waals surface area contributed by atoms with Crippen molar-refractivity contribution in [2.24, 2.45) is 5.92 Å². The lowest BCUT2D eigenvalue weighted by molar-refractivity contribution is -0.140. The largest absolute Gasteiger partial charge is 0.494 e. The maximum Gasteiger partial charge on any atom is 0.336 e. The van der Waals surface area contributed by atoms with Crippen LogP contribution in [-0.4, -0.2) is 38.9 Å². The highest BCUT2D eigenvalue weighted by Crippen LogP contribution is 2.30. The number of benzene rings is 1. The molecule has 2 rings (SSSR count). The van der Waals surface area contributed by atoms with Crippen molar-refractivity contribution < 1.29 is 28.5 Å². The monoisotopic (exact) mass is 417 g/mol. The first kappa shape index (κ1) is 23.3. The van der Waals surface area contributed by atoms with Gasteiger partial charge in [-0.2, -0.15) is 0 Å². The first-order valence-electron chi connectivity index (χ1n) is 10.2. The van der Waals surface area contributed by atoms with Crippen LogP contribution in [-0.2, 0) is 19.1 Å². The van der Waals surface area contributed by atoms with E-state index in [0.717, 1.165) is 17.9 Å². The molecule has 1 N–H and O–H groups in total. The zero-order valence-corrected chi connectivity index (χ0v) is 18.4. The van der Waals surface area contributed by atoms with Gasteiger partial charge in [0.2, 0.25) is 0 Å². The third-order valence-corrected chi connectivity index (χ3v) is 4.76. The van der Waals surface area contributed by atoms with E-state index < -0.39 is 17.9 Å². The van der Waals surface area contributed by atoms with E-state index in [1.165, 1.54) is 7.11 Å². The van der Waals surface area contributed by atoms with Gasteiger partial charge in [0.05, 0.1) is 38.1 Å². The summed E-state index contributed by atoms with van der Waals surface area (Å²) in [6.07, 6.45) is 1.51. The van der Waals surface area contributed by atoms with Crippen molar-refractivity contribution in [2.45, 2.75) is 40.5 Å². The Morgan fingerprint density at radius 3 is 1.97 bits per heavy atom. The number of carbonyl (C=O) groups excluding carboxylic acids is 2. The van der Waals surface area contributed by atoms with Crippen LogP contribution in [0, 0.1) is 5.92 Å². The van der Waals surface area contributed by atoms with Gasteiger partial charge in [0.15, 0.2) is 0 Å².